The lowest BCUT2D eigenvalue weighted by molar-refractivity contribution is 0.0766. The highest BCUT2D eigenvalue weighted by atomic mass is 35.5. The maximum absolute atomic E-state index is 13.6. The van der Waals surface area contributed by atoms with E-state index in [4.69, 9.17) is 23.2 Å². The Bertz CT molecular complexity index is 1370. The zero-order chi connectivity index (χ0) is 24.2. The van der Waals surface area contributed by atoms with Crippen LogP contribution < -0.4 is 11.2 Å². The number of imidazole rings is 1. The second kappa shape index (κ2) is 8.90. The molecule has 0 spiro atoms. The van der Waals surface area contributed by atoms with E-state index < -0.39 is 17.4 Å². The zero-order valence-corrected chi connectivity index (χ0v) is 21.1. The molecule has 0 unspecified atom stereocenters. The van der Waals surface area contributed by atoms with Gasteiger partial charge in [0.2, 0.25) is 0 Å². The number of likely N-dealkylation sites (tertiary alicyclic amines) is 1. The summed E-state index contributed by atoms with van der Waals surface area (Å²) in [5.41, 5.74) is -0.709. The van der Waals surface area contributed by atoms with Crippen molar-refractivity contribution in [2.24, 2.45) is 13.0 Å². The van der Waals surface area contributed by atoms with Gasteiger partial charge in [0.25, 0.3) is 11.5 Å². The summed E-state index contributed by atoms with van der Waals surface area (Å²) >= 11 is 13.7. The first-order chi connectivity index (χ1) is 15.5. The molecule has 0 radical (unpaired) electrons. The monoisotopic (exact) mass is 513 g/mol. The van der Waals surface area contributed by atoms with Crippen molar-refractivity contribution >= 4 is 50.7 Å². The smallest absolute Gasteiger partial charge is 0.331 e. The van der Waals surface area contributed by atoms with Crippen LogP contribution in [0, 0.1) is 12.8 Å². The Balaban J connectivity index is 2.01. The first kappa shape index (κ1) is 24.0. The van der Waals surface area contributed by atoms with Crippen molar-refractivity contribution in [2.75, 3.05) is 13.1 Å². The summed E-state index contributed by atoms with van der Waals surface area (Å²) in [7, 11) is 1.42. The fourth-order valence-corrected chi connectivity index (χ4v) is 5.87. The van der Waals surface area contributed by atoms with E-state index in [0.717, 1.165) is 4.57 Å². The minimum absolute atomic E-state index is 0.144. The number of fused-ring (bicyclic) bond motifs is 1. The van der Waals surface area contributed by atoms with Gasteiger partial charge in [0.05, 0.1) is 23.6 Å². The van der Waals surface area contributed by atoms with Gasteiger partial charge in [0.15, 0.2) is 5.15 Å². The molecule has 0 saturated carbocycles. The summed E-state index contributed by atoms with van der Waals surface area (Å²) in [6, 6.07) is 0. The number of rotatable bonds is 5. The van der Waals surface area contributed by atoms with Crippen molar-refractivity contribution in [1.82, 2.24) is 23.6 Å². The molecule has 0 aliphatic carbocycles. The van der Waals surface area contributed by atoms with Crippen LogP contribution in [0.3, 0.4) is 0 Å². The predicted octanol–water partition coefficient (Wildman–Crippen LogP) is 2.48. The first-order valence-corrected chi connectivity index (χ1v) is 12.2. The molecule has 9 nitrogen and oxygen atoms in total. The molecular weight excluding hydrogens is 489 g/mol. The third-order valence-electron chi connectivity index (χ3n) is 5.82. The Kier molecular flexibility index (Phi) is 6.47. The van der Waals surface area contributed by atoms with Crippen molar-refractivity contribution in [3.05, 3.63) is 47.4 Å². The van der Waals surface area contributed by atoms with Gasteiger partial charge >= 0.3 is 5.69 Å². The van der Waals surface area contributed by atoms with E-state index in [1.54, 1.807) is 21.0 Å². The Morgan fingerprint density at radius 3 is 2.52 bits per heavy atom. The van der Waals surface area contributed by atoms with Crippen LogP contribution >= 0.6 is 34.5 Å². The SMILES string of the molecule is Cc1nc(Cl)c(Cl)n1Cc1sc2c(c1C(=O)N1CC[C@@H](O)C1)c(=O)n(C)c(=O)n2CC(C)C. The number of carbonyl (C=O) groups excluding carboxylic acids is 1. The summed E-state index contributed by atoms with van der Waals surface area (Å²) < 4.78 is 4.27. The van der Waals surface area contributed by atoms with E-state index in [0.29, 0.717) is 35.0 Å². The Morgan fingerprint density at radius 1 is 1.27 bits per heavy atom. The molecule has 3 aromatic rings. The van der Waals surface area contributed by atoms with Crippen molar-refractivity contribution in [3.63, 3.8) is 0 Å². The number of aliphatic hydroxyl groups is 1. The summed E-state index contributed by atoms with van der Waals surface area (Å²) in [4.78, 5) is 46.6. The number of thiophene rings is 1. The second-order valence-corrected chi connectivity index (χ2v) is 10.6. The average molecular weight is 514 g/mol. The van der Waals surface area contributed by atoms with Crippen LogP contribution in [-0.4, -0.2) is 53.8 Å². The maximum Gasteiger partial charge on any atom is 0.331 e. The topological polar surface area (TPSA) is 102 Å². The molecule has 1 N–H and O–H groups in total. The van der Waals surface area contributed by atoms with E-state index in [1.165, 1.54) is 18.4 Å². The summed E-state index contributed by atoms with van der Waals surface area (Å²) in [5, 5.41) is 10.6. The normalized spacial score (nSPS) is 16.5. The molecule has 0 aromatic carbocycles. The molecule has 4 rings (SSSR count). The standard InChI is InChI=1S/C21H25Cl2N5O4S/c1-10(2)7-28-20-15(18(30)25(4)21(28)32)14(19(31)26-6-5-12(29)8-26)13(33-20)9-27-11(3)24-16(22)17(27)23/h10,12,29H,5-9H2,1-4H3/t12-/m1/s1. The number of carbonyl (C=O) groups is 1. The molecular formula is C21H25Cl2N5O4S. The molecule has 12 heteroatoms. The Labute approximate surface area is 203 Å². The van der Waals surface area contributed by atoms with Gasteiger partial charge in [-0.1, -0.05) is 37.0 Å². The van der Waals surface area contributed by atoms with Crippen molar-refractivity contribution in [1.29, 1.82) is 0 Å². The summed E-state index contributed by atoms with van der Waals surface area (Å²) in [6.07, 6.45) is -0.130. The van der Waals surface area contributed by atoms with Crippen LogP contribution in [-0.2, 0) is 20.1 Å². The summed E-state index contributed by atoms with van der Waals surface area (Å²) in [5.74, 6) is 0.357. The van der Waals surface area contributed by atoms with Crippen LogP contribution in [0.5, 0.6) is 0 Å². The fourth-order valence-electron chi connectivity index (χ4n) is 4.15. The van der Waals surface area contributed by atoms with Crippen molar-refractivity contribution in [2.45, 2.75) is 46.4 Å². The molecule has 4 heterocycles. The van der Waals surface area contributed by atoms with Gasteiger partial charge < -0.3 is 14.6 Å². The lowest BCUT2D eigenvalue weighted by atomic mass is 10.1. The highest BCUT2D eigenvalue weighted by Gasteiger charge is 2.32. The molecule has 3 aromatic heterocycles. The lowest BCUT2D eigenvalue weighted by Crippen LogP contribution is -2.39. The van der Waals surface area contributed by atoms with Gasteiger partial charge in [-0.05, 0) is 19.3 Å². The minimum atomic E-state index is -0.603. The molecule has 178 valence electrons. The third-order valence-corrected chi connectivity index (χ3v) is 7.76. The number of β-amino-alcohol motifs (C(OH)–C–C–N with tert-alkyl or cyclic N) is 1. The molecule has 1 aliphatic heterocycles. The van der Waals surface area contributed by atoms with Crippen molar-refractivity contribution < 1.29 is 9.90 Å². The third kappa shape index (κ3) is 4.14. The first-order valence-electron chi connectivity index (χ1n) is 10.6. The number of hydrogen-bond donors (Lipinski definition) is 1. The number of aryl methyl sites for hydroxylation is 1. The van der Waals surface area contributed by atoms with Gasteiger partial charge in [-0.3, -0.25) is 18.7 Å². The predicted molar refractivity (Wildman–Crippen MR) is 129 cm³/mol. The van der Waals surface area contributed by atoms with Crippen LogP contribution in [0.2, 0.25) is 10.3 Å². The number of aromatic nitrogens is 4. The van der Waals surface area contributed by atoms with E-state index in [2.05, 4.69) is 4.98 Å². The van der Waals surface area contributed by atoms with Crippen molar-refractivity contribution in [3.8, 4) is 0 Å². The lowest BCUT2D eigenvalue weighted by Gasteiger charge is -2.17. The molecule has 1 atom stereocenters. The molecule has 1 amide bonds. The van der Waals surface area contributed by atoms with Crippen LogP contribution in [0.25, 0.3) is 10.2 Å². The van der Waals surface area contributed by atoms with Crippen LogP contribution in [0.4, 0.5) is 0 Å². The second-order valence-electron chi connectivity index (χ2n) is 8.75. The molecule has 33 heavy (non-hydrogen) atoms. The number of amides is 1. The zero-order valence-electron chi connectivity index (χ0n) is 18.8. The molecule has 1 saturated heterocycles. The highest BCUT2D eigenvalue weighted by Crippen LogP contribution is 2.33. The van der Waals surface area contributed by atoms with Gasteiger partial charge in [0, 0.05) is 31.6 Å². The maximum atomic E-state index is 13.6. The average Bonchev–Trinajstić information content (AvgIpc) is 3.41. The molecule has 1 aliphatic rings. The Morgan fingerprint density at radius 2 is 1.97 bits per heavy atom. The highest BCUT2D eigenvalue weighted by molar-refractivity contribution is 7.19. The number of aliphatic hydroxyl groups excluding tert-OH is 1. The van der Waals surface area contributed by atoms with Gasteiger partial charge in [0.1, 0.15) is 15.8 Å². The molecule has 0 bridgehead atoms. The fraction of sp³-hybridized carbons (Fsp3) is 0.524. The largest absolute Gasteiger partial charge is 0.391 e. The van der Waals surface area contributed by atoms with E-state index in [1.807, 2.05) is 13.8 Å². The Hall–Kier alpha value is -2.14. The van der Waals surface area contributed by atoms with Gasteiger partial charge in [-0.2, -0.15) is 0 Å². The van der Waals surface area contributed by atoms with Gasteiger partial charge in [-0.15, -0.1) is 11.3 Å². The summed E-state index contributed by atoms with van der Waals surface area (Å²) in [6.45, 7) is 6.85. The van der Waals surface area contributed by atoms with E-state index in [-0.39, 0.29) is 46.2 Å². The van der Waals surface area contributed by atoms with E-state index in [9.17, 15) is 19.5 Å². The van der Waals surface area contributed by atoms with Crippen LogP contribution in [0.15, 0.2) is 9.59 Å². The quantitative estimate of drug-likeness (QED) is 0.564. The molecule has 1 fully saturated rings. The number of halogens is 2. The number of hydrogen-bond acceptors (Lipinski definition) is 6. The van der Waals surface area contributed by atoms with E-state index >= 15 is 0 Å². The minimum Gasteiger partial charge on any atom is -0.391 e. The van der Waals surface area contributed by atoms with Gasteiger partial charge in [-0.25, -0.2) is 9.78 Å². The number of nitrogens with zero attached hydrogens (tertiary/aromatic N) is 5. The van der Waals surface area contributed by atoms with Crippen LogP contribution in [0.1, 0.15) is 41.3 Å².